The Bertz CT molecular complexity index is 858. The van der Waals surface area contributed by atoms with E-state index in [0.29, 0.717) is 21.8 Å². The van der Waals surface area contributed by atoms with Crippen LogP contribution in [-0.4, -0.2) is 21.5 Å². The van der Waals surface area contributed by atoms with Crippen LogP contribution >= 0.6 is 23.2 Å². The second-order valence-corrected chi connectivity index (χ2v) is 6.82. The van der Waals surface area contributed by atoms with Crippen molar-refractivity contribution in [2.24, 2.45) is 0 Å². The van der Waals surface area contributed by atoms with Gasteiger partial charge in [-0.25, -0.2) is 4.98 Å². The van der Waals surface area contributed by atoms with Gasteiger partial charge in [-0.1, -0.05) is 35.3 Å². The molecule has 1 saturated carbocycles. The van der Waals surface area contributed by atoms with Crippen molar-refractivity contribution in [2.75, 3.05) is 0 Å². The molecule has 1 aromatic carbocycles. The maximum Gasteiger partial charge on any atom is 0.141 e. The van der Waals surface area contributed by atoms with E-state index in [1.165, 1.54) is 5.56 Å². The molecule has 1 fully saturated rings. The first-order chi connectivity index (χ1) is 11.7. The molecular formula is C18H17Cl2N3O. The summed E-state index contributed by atoms with van der Waals surface area (Å²) in [5.41, 5.74) is 2.20. The molecule has 4 rings (SSSR count). The van der Waals surface area contributed by atoms with Crippen LogP contribution in [0.4, 0.5) is 0 Å². The lowest BCUT2D eigenvalue weighted by atomic mass is 9.89. The molecule has 1 aliphatic carbocycles. The van der Waals surface area contributed by atoms with E-state index in [1.54, 1.807) is 6.07 Å². The Balaban J connectivity index is 1.30. The third-order valence-electron chi connectivity index (χ3n) is 4.39. The maximum atomic E-state index is 6.16. The van der Waals surface area contributed by atoms with Crippen molar-refractivity contribution < 1.29 is 4.74 Å². The lowest BCUT2D eigenvalue weighted by Gasteiger charge is -2.36. The van der Waals surface area contributed by atoms with Gasteiger partial charge in [-0.2, -0.15) is 0 Å². The SMILES string of the molecule is Clc1cccc(O[C@H]2C[C@H](NCc3cccn4ccnc34)C2)c1Cl. The quantitative estimate of drug-likeness (QED) is 0.734. The van der Waals surface area contributed by atoms with Crippen molar-refractivity contribution in [2.45, 2.75) is 31.5 Å². The summed E-state index contributed by atoms with van der Waals surface area (Å²) in [7, 11) is 0. The number of hydrogen-bond donors (Lipinski definition) is 1. The predicted octanol–water partition coefficient (Wildman–Crippen LogP) is 4.34. The molecule has 6 heteroatoms. The second kappa shape index (κ2) is 6.63. The molecule has 1 aliphatic rings. The number of nitrogens with one attached hydrogen (secondary N) is 1. The van der Waals surface area contributed by atoms with E-state index in [0.717, 1.165) is 25.0 Å². The number of benzene rings is 1. The van der Waals surface area contributed by atoms with Crippen LogP contribution in [0.3, 0.4) is 0 Å². The highest BCUT2D eigenvalue weighted by Gasteiger charge is 2.31. The number of halogens is 2. The summed E-state index contributed by atoms with van der Waals surface area (Å²) in [5, 5.41) is 4.58. The molecule has 0 aliphatic heterocycles. The summed E-state index contributed by atoms with van der Waals surface area (Å²) >= 11 is 12.2. The molecule has 0 spiro atoms. The van der Waals surface area contributed by atoms with Gasteiger partial charge in [0.2, 0.25) is 0 Å². The summed E-state index contributed by atoms with van der Waals surface area (Å²) < 4.78 is 7.96. The predicted molar refractivity (Wildman–Crippen MR) is 95.9 cm³/mol. The molecule has 124 valence electrons. The van der Waals surface area contributed by atoms with Crippen LogP contribution in [0, 0.1) is 0 Å². The van der Waals surface area contributed by atoms with Crippen LogP contribution in [0.15, 0.2) is 48.9 Å². The molecule has 1 N–H and O–H groups in total. The Morgan fingerprint density at radius 2 is 2.04 bits per heavy atom. The molecule has 2 aromatic heterocycles. The molecule has 0 saturated heterocycles. The third-order valence-corrected chi connectivity index (χ3v) is 5.19. The van der Waals surface area contributed by atoms with E-state index < -0.39 is 0 Å². The molecule has 0 unspecified atom stereocenters. The first kappa shape index (κ1) is 15.8. The Kier molecular flexibility index (Phi) is 4.35. The summed E-state index contributed by atoms with van der Waals surface area (Å²) in [5.74, 6) is 0.662. The van der Waals surface area contributed by atoms with Crippen molar-refractivity contribution in [1.82, 2.24) is 14.7 Å². The van der Waals surface area contributed by atoms with Crippen molar-refractivity contribution in [3.05, 3.63) is 64.5 Å². The average Bonchev–Trinajstić information content (AvgIpc) is 3.02. The molecule has 0 radical (unpaired) electrons. The van der Waals surface area contributed by atoms with Gasteiger partial charge in [0.15, 0.2) is 0 Å². The number of pyridine rings is 1. The fourth-order valence-electron chi connectivity index (χ4n) is 2.98. The Morgan fingerprint density at radius 3 is 2.92 bits per heavy atom. The van der Waals surface area contributed by atoms with Crippen LogP contribution < -0.4 is 10.1 Å². The topological polar surface area (TPSA) is 38.6 Å². The van der Waals surface area contributed by atoms with E-state index in [9.17, 15) is 0 Å². The normalized spacial score (nSPS) is 20.1. The lowest BCUT2D eigenvalue weighted by molar-refractivity contribution is 0.0844. The highest BCUT2D eigenvalue weighted by molar-refractivity contribution is 6.42. The summed E-state index contributed by atoms with van der Waals surface area (Å²) in [4.78, 5) is 4.40. The molecule has 2 heterocycles. The molecular weight excluding hydrogens is 345 g/mol. The van der Waals surface area contributed by atoms with Gasteiger partial charge in [-0.15, -0.1) is 0 Å². The Hall–Kier alpha value is -1.75. The van der Waals surface area contributed by atoms with E-state index in [4.69, 9.17) is 27.9 Å². The molecule has 0 bridgehead atoms. The van der Waals surface area contributed by atoms with E-state index in [2.05, 4.69) is 16.4 Å². The maximum absolute atomic E-state index is 6.16. The Labute approximate surface area is 150 Å². The highest BCUT2D eigenvalue weighted by atomic mass is 35.5. The smallest absolute Gasteiger partial charge is 0.141 e. The second-order valence-electron chi connectivity index (χ2n) is 6.03. The number of fused-ring (bicyclic) bond motifs is 1. The molecule has 3 aromatic rings. The van der Waals surface area contributed by atoms with E-state index in [-0.39, 0.29) is 6.10 Å². The van der Waals surface area contributed by atoms with E-state index >= 15 is 0 Å². The average molecular weight is 362 g/mol. The zero-order valence-electron chi connectivity index (χ0n) is 13.0. The number of nitrogens with zero attached hydrogens (tertiary/aromatic N) is 2. The zero-order chi connectivity index (χ0) is 16.5. The number of aromatic nitrogens is 2. The Morgan fingerprint density at radius 1 is 1.17 bits per heavy atom. The largest absolute Gasteiger partial charge is 0.489 e. The highest BCUT2D eigenvalue weighted by Crippen LogP contribution is 2.35. The van der Waals surface area contributed by atoms with Crippen molar-refractivity contribution in [3.63, 3.8) is 0 Å². The van der Waals surface area contributed by atoms with Gasteiger partial charge < -0.3 is 14.5 Å². The van der Waals surface area contributed by atoms with E-state index in [1.807, 2.05) is 41.2 Å². The van der Waals surface area contributed by atoms with Gasteiger partial charge in [-0.3, -0.25) is 0 Å². The van der Waals surface area contributed by atoms with Crippen LogP contribution in [0.5, 0.6) is 5.75 Å². The van der Waals surface area contributed by atoms with Crippen molar-refractivity contribution >= 4 is 28.8 Å². The molecule has 24 heavy (non-hydrogen) atoms. The van der Waals surface area contributed by atoms with Gasteiger partial charge in [0.1, 0.15) is 22.5 Å². The molecule has 0 atom stereocenters. The number of ether oxygens (including phenoxy) is 1. The number of imidazole rings is 1. The molecule has 0 amide bonds. The van der Waals surface area contributed by atoms with Gasteiger partial charge in [-0.05, 0) is 31.0 Å². The first-order valence-electron chi connectivity index (χ1n) is 7.95. The zero-order valence-corrected chi connectivity index (χ0v) is 14.5. The lowest BCUT2D eigenvalue weighted by Crippen LogP contribution is -2.46. The van der Waals surface area contributed by atoms with Gasteiger partial charge in [0.25, 0.3) is 0 Å². The number of hydrogen-bond acceptors (Lipinski definition) is 3. The standard InChI is InChI=1S/C18H17Cl2N3O/c19-15-4-1-5-16(17(15)20)24-14-9-13(10-14)22-11-12-3-2-7-23-8-6-21-18(12)23/h1-8,13-14,22H,9-11H2/t13-,14-. The van der Waals surface area contributed by atoms with Gasteiger partial charge in [0, 0.05) is 36.7 Å². The summed E-state index contributed by atoms with van der Waals surface area (Å²) in [6.07, 6.45) is 7.89. The van der Waals surface area contributed by atoms with Gasteiger partial charge in [0.05, 0.1) is 5.02 Å². The van der Waals surface area contributed by atoms with Crippen LogP contribution in [0.25, 0.3) is 5.65 Å². The van der Waals surface area contributed by atoms with Gasteiger partial charge >= 0.3 is 0 Å². The summed E-state index contributed by atoms with van der Waals surface area (Å²) in [6.45, 7) is 0.802. The minimum absolute atomic E-state index is 0.181. The minimum Gasteiger partial charge on any atom is -0.489 e. The van der Waals surface area contributed by atoms with Crippen LogP contribution in [0.2, 0.25) is 10.0 Å². The first-order valence-corrected chi connectivity index (χ1v) is 8.71. The third kappa shape index (κ3) is 3.09. The fraction of sp³-hybridized carbons (Fsp3) is 0.278. The van der Waals surface area contributed by atoms with Crippen LogP contribution in [-0.2, 0) is 6.54 Å². The fourth-order valence-corrected chi connectivity index (χ4v) is 3.32. The number of rotatable bonds is 5. The van der Waals surface area contributed by atoms with Crippen LogP contribution in [0.1, 0.15) is 18.4 Å². The monoisotopic (exact) mass is 361 g/mol. The van der Waals surface area contributed by atoms with Crippen molar-refractivity contribution in [1.29, 1.82) is 0 Å². The molecule has 4 nitrogen and oxygen atoms in total. The van der Waals surface area contributed by atoms with Crippen molar-refractivity contribution in [3.8, 4) is 5.75 Å². The minimum atomic E-state index is 0.181. The summed E-state index contributed by atoms with van der Waals surface area (Å²) in [6, 6.07) is 10.1.